The molecule has 0 fully saturated rings. The van der Waals surface area contributed by atoms with Crippen LogP contribution >= 0.6 is 0 Å². The largest absolute Gasteiger partial charge is 0.375 e. The van der Waals surface area contributed by atoms with Crippen molar-refractivity contribution in [3.05, 3.63) is 46.5 Å². The number of hydrogen-bond donors (Lipinski definition) is 1. The Bertz CT molecular complexity index is 579. The van der Waals surface area contributed by atoms with Gasteiger partial charge in [-0.25, -0.2) is 0 Å². The van der Waals surface area contributed by atoms with Gasteiger partial charge in [-0.15, -0.1) is 10.2 Å². The third-order valence-corrected chi connectivity index (χ3v) is 2.96. The molecule has 20 heavy (non-hydrogen) atoms. The van der Waals surface area contributed by atoms with Gasteiger partial charge in [0.2, 0.25) is 0 Å². The predicted octanol–water partition coefficient (Wildman–Crippen LogP) is 2.77. The molecular weight excluding hydrogens is 258 g/mol. The third kappa shape index (κ3) is 3.11. The van der Waals surface area contributed by atoms with E-state index in [9.17, 15) is 10.1 Å². The van der Waals surface area contributed by atoms with Crippen LogP contribution in [-0.4, -0.2) is 19.7 Å². The van der Waals surface area contributed by atoms with Gasteiger partial charge in [-0.1, -0.05) is 6.92 Å². The van der Waals surface area contributed by atoms with Gasteiger partial charge >= 0.3 is 0 Å². The van der Waals surface area contributed by atoms with Crippen LogP contribution in [-0.2, 0) is 6.54 Å². The van der Waals surface area contributed by atoms with E-state index in [2.05, 4.69) is 22.4 Å². The van der Waals surface area contributed by atoms with E-state index in [1.54, 1.807) is 18.5 Å². The summed E-state index contributed by atoms with van der Waals surface area (Å²) < 4.78 is 2.00. The Morgan fingerprint density at radius 2 is 2.10 bits per heavy atom. The Labute approximate surface area is 116 Å². The average molecular weight is 275 g/mol. The summed E-state index contributed by atoms with van der Waals surface area (Å²) in [4.78, 5) is 10.2. The number of benzene rings is 1. The highest BCUT2D eigenvalue weighted by Crippen LogP contribution is 2.20. The fraction of sp³-hybridized carbons (Fsp3) is 0.385. The number of hydrogen-bond acceptors (Lipinski definition) is 5. The summed E-state index contributed by atoms with van der Waals surface area (Å²) in [5, 5.41) is 21.9. The molecule has 0 saturated heterocycles. The number of aryl methyl sites for hydroxylation is 1. The number of rotatable bonds is 6. The molecule has 1 aromatic carbocycles. The first-order valence-corrected chi connectivity index (χ1v) is 6.50. The summed E-state index contributed by atoms with van der Waals surface area (Å²) >= 11 is 0. The van der Waals surface area contributed by atoms with Crippen molar-refractivity contribution < 1.29 is 4.92 Å². The highest BCUT2D eigenvalue weighted by atomic mass is 16.6. The topological polar surface area (TPSA) is 85.9 Å². The fourth-order valence-electron chi connectivity index (χ4n) is 2.01. The average Bonchev–Trinajstić information content (AvgIpc) is 2.88. The molecule has 0 amide bonds. The Morgan fingerprint density at radius 3 is 2.70 bits per heavy atom. The van der Waals surface area contributed by atoms with Gasteiger partial charge in [0.15, 0.2) is 5.82 Å². The van der Waals surface area contributed by atoms with E-state index in [4.69, 9.17) is 0 Å². The van der Waals surface area contributed by atoms with Crippen LogP contribution in [0.15, 0.2) is 30.6 Å². The van der Waals surface area contributed by atoms with Crippen molar-refractivity contribution in [2.75, 3.05) is 5.32 Å². The van der Waals surface area contributed by atoms with Gasteiger partial charge in [0.25, 0.3) is 5.69 Å². The predicted molar refractivity (Wildman–Crippen MR) is 75.4 cm³/mol. The molecule has 0 aliphatic rings. The molecule has 106 valence electrons. The van der Waals surface area contributed by atoms with Crippen LogP contribution in [0.5, 0.6) is 0 Å². The minimum Gasteiger partial charge on any atom is -0.375 e. The number of anilines is 1. The molecule has 0 bridgehead atoms. The van der Waals surface area contributed by atoms with Gasteiger partial charge in [-0.05, 0) is 25.5 Å². The van der Waals surface area contributed by atoms with E-state index in [1.165, 1.54) is 12.1 Å². The number of non-ortho nitro benzene ring substituents is 1. The lowest BCUT2D eigenvalue weighted by molar-refractivity contribution is -0.384. The second kappa shape index (κ2) is 6.14. The standard InChI is InChI=1S/C13H17N5O2/c1-3-8-17-9-14-16-13(17)10(2)15-11-4-6-12(7-5-11)18(19)20/h4-7,9-10,15H,3,8H2,1-2H3. The lowest BCUT2D eigenvalue weighted by Crippen LogP contribution is -2.13. The first-order chi connectivity index (χ1) is 9.61. The van der Waals surface area contributed by atoms with Crippen LogP contribution in [0.4, 0.5) is 11.4 Å². The van der Waals surface area contributed by atoms with Gasteiger partial charge < -0.3 is 9.88 Å². The van der Waals surface area contributed by atoms with Crippen LogP contribution in [0.25, 0.3) is 0 Å². The minimum atomic E-state index is -0.412. The zero-order chi connectivity index (χ0) is 14.5. The zero-order valence-corrected chi connectivity index (χ0v) is 11.5. The lowest BCUT2D eigenvalue weighted by atomic mass is 10.2. The molecule has 1 atom stereocenters. The summed E-state index contributed by atoms with van der Waals surface area (Å²) in [6.45, 7) is 4.95. The second-order valence-electron chi connectivity index (χ2n) is 4.55. The Morgan fingerprint density at radius 1 is 1.40 bits per heavy atom. The van der Waals surface area contributed by atoms with Crippen LogP contribution in [0.3, 0.4) is 0 Å². The summed E-state index contributed by atoms with van der Waals surface area (Å²) in [5.74, 6) is 0.852. The molecule has 0 aliphatic heterocycles. The van der Waals surface area contributed by atoms with Crippen molar-refractivity contribution in [2.45, 2.75) is 32.9 Å². The monoisotopic (exact) mass is 275 g/mol. The number of nitrogens with one attached hydrogen (secondary N) is 1. The lowest BCUT2D eigenvalue weighted by Gasteiger charge is -2.15. The van der Waals surface area contributed by atoms with Crippen molar-refractivity contribution in [2.24, 2.45) is 0 Å². The molecule has 1 heterocycles. The normalized spacial score (nSPS) is 12.1. The molecule has 7 heteroatoms. The van der Waals surface area contributed by atoms with Crippen LogP contribution in [0, 0.1) is 10.1 Å². The van der Waals surface area contributed by atoms with E-state index >= 15 is 0 Å². The van der Waals surface area contributed by atoms with E-state index in [-0.39, 0.29) is 11.7 Å². The second-order valence-corrected chi connectivity index (χ2v) is 4.55. The van der Waals surface area contributed by atoms with Crippen molar-refractivity contribution in [3.63, 3.8) is 0 Å². The van der Waals surface area contributed by atoms with Gasteiger partial charge in [0.1, 0.15) is 6.33 Å². The first-order valence-electron chi connectivity index (χ1n) is 6.50. The van der Waals surface area contributed by atoms with E-state index in [0.717, 1.165) is 24.5 Å². The Hall–Kier alpha value is -2.44. The quantitative estimate of drug-likeness (QED) is 0.647. The maximum Gasteiger partial charge on any atom is 0.269 e. The Balaban J connectivity index is 2.08. The van der Waals surface area contributed by atoms with Crippen molar-refractivity contribution in [1.29, 1.82) is 0 Å². The van der Waals surface area contributed by atoms with Crippen LogP contribution in [0.2, 0.25) is 0 Å². The summed E-state index contributed by atoms with van der Waals surface area (Å²) in [6.07, 6.45) is 2.72. The van der Waals surface area contributed by atoms with E-state index in [1.807, 2.05) is 11.5 Å². The number of nitro groups is 1. The maximum atomic E-state index is 10.6. The molecule has 1 aromatic heterocycles. The van der Waals surface area contributed by atoms with Gasteiger partial charge in [-0.2, -0.15) is 0 Å². The molecule has 0 spiro atoms. The minimum absolute atomic E-state index is 0.0227. The third-order valence-electron chi connectivity index (χ3n) is 2.96. The molecule has 2 rings (SSSR count). The summed E-state index contributed by atoms with van der Waals surface area (Å²) in [7, 11) is 0. The fourth-order valence-corrected chi connectivity index (χ4v) is 2.01. The SMILES string of the molecule is CCCn1cnnc1C(C)Nc1ccc([N+](=O)[O-])cc1. The molecule has 1 unspecified atom stereocenters. The molecule has 1 N–H and O–H groups in total. The molecule has 0 aliphatic carbocycles. The number of aromatic nitrogens is 3. The Kier molecular flexibility index (Phi) is 4.29. The number of nitrogens with zero attached hydrogens (tertiary/aromatic N) is 4. The van der Waals surface area contributed by atoms with Gasteiger partial charge in [0, 0.05) is 24.4 Å². The number of nitro benzene ring substituents is 1. The van der Waals surface area contributed by atoms with Crippen molar-refractivity contribution in [3.8, 4) is 0 Å². The molecule has 0 radical (unpaired) electrons. The highest BCUT2D eigenvalue weighted by Gasteiger charge is 2.13. The summed E-state index contributed by atoms with van der Waals surface area (Å²) in [5.41, 5.74) is 0.895. The maximum absolute atomic E-state index is 10.6. The first kappa shape index (κ1) is 14.0. The molecular formula is C13H17N5O2. The van der Waals surface area contributed by atoms with E-state index in [0.29, 0.717) is 0 Å². The van der Waals surface area contributed by atoms with Gasteiger partial charge in [-0.3, -0.25) is 10.1 Å². The van der Waals surface area contributed by atoms with Crippen molar-refractivity contribution >= 4 is 11.4 Å². The van der Waals surface area contributed by atoms with Crippen LogP contribution in [0.1, 0.15) is 32.1 Å². The van der Waals surface area contributed by atoms with Gasteiger partial charge in [0.05, 0.1) is 11.0 Å². The zero-order valence-electron chi connectivity index (χ0n) is 11.5. The van der Waals surface area contributed by atoms with Crippen LogP contribution < -0.4 is 5.32 Å². The van der Waals surface area contributed by atoms with E-state index < -0.39 is 4.92 Å². The smallest absolute Gasteiger partial charge is 0.269 e. The molecule has 2 aromatic rings. The summed E-state index contributed by atoms with van der Waals surface area (Å²) in [6, 6.07) is 6.31. The molecule has 7 nitrogen and oxygen atoms in total. The highest BCUT2D eigenvalue weighted by molar-refractivity contribution is 5.49. The van der Waals surface area contributed by atoms with Crippen molar-refractivity contribution in [1.82, 2.24) is 14.8 Å². The molecule has 0 saturated carbocycles.